The van der Waals surface area contributed by atoms with Gasteiger partial charge in [-0.1, -0.05) is 0 Å². The Morgan fingerprint density at radius 2 is 2.37 bits per heavy atom. The fraction of sp³-hybridized carbons (Fsp3) is 0.714. The molecule has 106 valence electrons. The van der Waals surface area contributed by atoms with Gasteiger partial charge in [-0.2, -0.15) is 0 Å². The van der Waals surface area contributed by atoms with Crippen LogP contribution in [0.15, 0.2) is 12.4 Å². The molecule has 1 saturated carbocycles. The van der Waals surface area contributed by atoms with E-state index in [1.54, 1.807) is 6.20 Å². The van der Waals surface area contributed by atoms with Gasteiger partial charge in [0.2, 0.25) is 0 Å². The molecule has 0 saturated heterocycles. The Morgan fingerprint density at radius 1 is 1.63 bits per heavy atom. The van der Waals surface area contributed by atoms with E-state index in [0.29, 0.717) is 6.04 Å². The van der Waals surface area contributed by atoms with Crippen LogP contribution in [0.4, 0.5) is 0 Å². The first kappa shape index (κ1) is 14.1. The molecule has 1 aliphatic carbocycles. The van der Waals surface area contributed by atoms with Crippen molar-refractivity contribution in [3.05, 3.63) is 18.2 Å². The molecule has 2 rings (SSSR count). The average Bonchev–Trinajstić information content (AvgIpc) is 3.10. The molecule has 0 aliphatic heterocycles. The van der Waals surface area contributed by atoms with Crippen molar-refractivity contribution in [1.82, 2.24) is 14.9 Å². The largest absolute Gasteiger partial charge is 0.468 e. The summed E-state index contributed by atoms with van der Waals surface area (Å²) >= 11 is 0. The summed E-state index contributed by atoms with van der Waals surface area (Å²) in [5, 5.41) is 3.41. The summed E-state index contributed by atoms with van der Waals surface area (Å²) in [5.74, 6) is 0.844. The molecule has 0 spiro atoms. The van der Waals surface area contributed by atoms with Gasteiger partial charge in [-0.3, -0.25) is 10.1 Å². The van der Waals surface area contributed by atoms with Crippen LogP contribution in [0.2, 0.25) is 0 Å². The Balaban J connectivity index is 1.88. The number of hydrogen-bond donors (Lipinski definition) is 1. The van der Waals surface area contributed by atoms with Crippen molar-refractivity contribution < 1.29 is 9.53 Å². The first-order chi connectivity index (χ1) is 9.05. The summed E-state index contributed by atoms with van der Waals surface area (Å²) in [6.45, 7) is 4.81. The molecule has 1 aliphatic rings. The molecule has 1 aromatic heterocycles. The zero-order valence-electron chi connectivity index (χ0n) is 12.0. The fourth-order valence-corrected chi connectivity index (χ4v) is 2.38. The lowest BCUT2D eigenvalue weighted by Crippen LogP contribution is -2.51. The third-order valence-corrected chi connectivity index (χ3v) is 3.74. The summed E-state index contributed by atoms with van der Waals surface area (Å²) in [7, 11) is 1.45. The van der Waals surface area contributed by atoms with Crippen LogP contribution in [0.1, 0.15) is 38.4 Å². The van der Waals surface area contributed by atoms with E-state index < -0.39 is 5.54 Å². The number of nitrogens with one attached hydrogen (secondary N) is 1. The van der Waals surface area contributed by atoms with E-state index in [1.807, 2.05) is 20.0 Å². The van der Waals surface area contributed by atoms with E-state index in [1.165, 1.54) is 7.11 Å². The molecule has 19 heavy (non-hydrogen) atoms. The highest BCUT2D eigenvalue weighted by atomic mass is 16.5. The van der Waals surface area contributed by atoms with Crippen LogP contribution in [0, 0.1) is 6.92 Å². The Hall–Kier alpha value is -1.36. The van der Waals surface area contributed by atoms with Gasteiger partial charge in [-0.05, 0) is 39.5 Å². The second kappa shape index (κ2) is 5.74. The summed E-state index contributed by atoms with van der Waals surface area (Å²) in [6.07, 6.45) is 7.78. The molecular weight excluding hydrogens is 242 g/mol. The van der Waals surface area contributed by atoms with E-state index >= 15 is 0 Å². The molecule has 5 heteroatoms. The van der Waals surface area contributed by atoms with Gasteiger partial charge >= 0.3 is 5.97 Å². The van der Waals surface area contributed by atoms with E-state index in [4.69, 9.17) is 4.74 Å². The molecule has 0 radical (unpaired) electrons. The number of carbonyl (C=O) groups is 1. The minimum atomic E-state index is -0.565. The van der Waals surface area contributed by atoms with Crippen LogP contribution in [0.5, 0.6) is 0 Å². The van der Waals surface area contributed by atoms with E-state index in [-0.39, 0.29) is 5.97 Å². The standard InChI is InChI=1S/C14H23N3O2/c1-11-15-8-10-17(11)9-4-7-14(2,13(18)19-3)16-12-5-6-12/h8,10,12,16H,4-7,9H2,1-3H3. The van der Waals surface area contributed by atoms with Crippen LogP contribution >= 0.6 is 0 Å². The first-order valence-electron chi connectivity index (χ1n) is 6.89. The van der Waals surface area contributed by atoms with Crippen LogP contribution in [-0.2, 0) is 16.1 Å². The van der Waals surface area contributed by atoms with Gasteiger partial charge < -0.3 is 9.30 Å². The molecule has 1 heterocycles. The molecule has 1 atom stereocenters. The average molecular weight is 265 g/mol. The third kappa shape index (κ3) is 3.56. The number of nitrogens with zero attached hydrogens (tertiary/aromatic N) is 2. The molecule has 1 unspecified atom stereocenters. The minimum Gasteiger partial charge on any atom is -0.468 e. The molecule has 0 bridgehead atoms. The quantitative estimate of drug-likeness (QED) is 0.762. The topological polar surface area (TPSA) is 56.2 Å². The predicted octanol–water partition coefficient (Wildman–Crippen LogP) is 1.66. The highest BCUT2D eigenvalue weighted by molar-refractivity contribution is 5.80. The lowest BCUT2D eigenvalue weighted by Gasteiger charge is -2.28. The Labute approximate surface area is 114 Å². The van der Waals surface area contributed by atoms with E-state index in [2.05, 4.69) is 14.9 Å². The number of esters is 1. The lowest BCUT2D eigenvalue weighted by atomic mass is 9.95. The number of hydrogen-bond acceptors (Lipinski definition) is 4. The maximum atomic E-state index is 12.0. The number of imidazole rings is 1. The van der Waals surface area contributed by atoms with Crippen molar-refractivity contribution in [3.8, 4) is 0 Å². The van der Waals surface area contributed by atoms with Crippen molar-refractivity contribution in [1.29, 1.82) is 0 Å². The zero-order chi connectivity index (χ0) is 13.9. The normalized spacial score (nSPS) is 18.1. The molecule has 1 aromatic rings. The molecule has 1 fully saturated rings. The molecule has 0 amide bonds. The smallest absolute Gasteiger partial charge is 0.325 e. The second-order valence-corrected chi connectivity index (χ2v) is 5.51. The SMILES string of the molecule is COC(=O)C(C)(CCCn1ccnc1C)NC1CC1. The fourth-order valence-electron chi connectivity index (χ4n) is 2.38. The molecule has 5 nitrogen and oxygen atoms in total. The van der Waals surface area contributed by atoms with E-state index in [0.717, 1.165) is 38.1 Å². The Kier molecular flexibility index (Phi) is 4.24. The van der Waals surface area contributed by atoms with Crippen LogP contribution in [0.25, 0.3) is 0 Å². The second-order valence-electron chi connectivity index (χ2n) is 5.51. The molecule has 1 N–H and O–H groups in total. The van der Waals surface area contributed by atoms with Gasteiger partial charge in [0.1, 0.15) is 11.4 Å². The van der Waals surface area contributed by atoms with Gasteiger partial charge in [0, 0.05) is 25.0 Å². The maximum Gasteiger partial charge on any atom is 0.325 e. The Bertz CT molecular complexity index is 440. The maximum absolute atomic E-state index is 12.0. The molecular formula is C14H23N3O2. The van der Waals surface area contributed by atoms with E-state index in [9.17, 15) is 4.79 Å². The van der Waals surface area contributed by atoms with Gasteiger partial charge in [-0.15, -0.1) is 0 Å². The number of methoxy groups -OCH3 is 1. The van der Waals surface area contributed by atoms with Crippen molar-refractivity contribution in [2.45, 2.75) is 57.7 Å². The van der Waals surface area contributed by atoms with Crippen LogP contribution < -0.4 is 5.32 Å². The van der Waals surface area contributed by atoms with Crippen molar-refractivity contribution in [3.63, 3.8) is 0 Å². The number of aryl methyl sites for hydroxylation is 2. The highest BCUT2D eigenvalue weighted by Gasteiger charge is 2.38. The number of aromatic nitrogens is 2. The van der Waals surface area contributed by atoms with Crippen LogP contribution in [0.3, 0.4) is 0 Å². The minimum absolute atomic E-state index is 0.165. The van der Waals surface area contributed by atoms with Gasteiger partial charge in [0.15, 0.2) is 0 Å². The van der Waals surface area contributed by atoms with Crippen molar-refractivity contribution >= 4 is 5.97 Å². The summed E-state index contributed by atoms with van der Waals surface area (Å²) in [4.78, 5) is 16.1. The number of ether oxygens (including phenoxy) is 1. The number of rotatable bonds is 7. The monoisotopic (exact) mass is 265 g/mol. The molecule has 0 aromatic carbocycles. The predicted molar refractivity (Wildman–Crippen MR) is 72.8 cm³/mol. The van der Waals surface area contributed by atoms with Gasteiger partial charge in [0.25, 0.3) is 0 Å². The summed E-state index contributed by atoms with van der Waals surface area (Å²) in [5.41, 5.74) is -0.565. The van der Waals surface area contributed by atoms with Gasteiger partial charge in [-0.25, -0.2) is 4.98 Å². The Morgan fingerprint density at radius 3 is 2.89 bits per heavy atom. The summed E-state index contributed by atoms with van der Waals surface area (Å²) < 4.78 is 7.04. The lowest BCUT2D eigenvalue weighted by molar-refractivity contribution is -0.148. The number of carbonyl (C=O) groups excluding carboxylic acids is 1. The summed E-state index contributed by atoms with van der Waals surface area (Å²) in [6, 6.07) is 0.485. The zero-order valence-corrected chi connectivity index (χ0v) is 12.0. The first-order valence-corrected chi connectivity index (χ1v) is 6.89. The van der Waals surface area contributed by atoms with Crippen molar-refractivity contribution in [2.75, 3.05) is 7.11 Å². The third-order valence-electron chi connectivity index (χ3n) is 3.74. The van der Waals surface area contributed by atoms with Crippen LogP contribution in [-0.4, -0.2) is 34.2 Å². The highest BCUT2D eigenvalue weighted by Crippen LogP contribution is 2.25. The van der Waals surface area contributed by atoms with Gasteiger partial charge in [0.05, 0.1) is 7.11 Å². The van der Waals surface area contributed by atoms with Crippen molar-refractivity contribution in [2.24, 2.45) is 0 Å².